The number of benzene rings is 2. The highest BCUT2D eigenvalue weighted by Gasteiger charge is 2.35. The van der Waals surface area contributed by atoms with Gasteiger partial charge in [0.15, 0.2) is 0 Å². The first-order chi connectivity index (χ1) is 16.2. The van der Waals surface area contributed by atoms with Gasteiger partial charge in [-0.15, -0.1) is 0 Å². The third-order valence-corrected chi connectivity index (χ3v) is 6.12. The molecule has 1 aliphatic rings. The van der Waals surface area contributed by atoms with E-state index >= 15 is 0 Å². The van der Waals surface area contributed by atoms with Crippen LogP contribution < -0.4 is 5.32 Å². The number of halogens is 3. The summed E-state index contributed by atoms with van der Waals surface area (Å²) in [5, 5.41) is 15.8. The molecule has 1 saturated carbocycles. The summed E-state index contributed by atoms with van der Waals surface area (Å²) in [5.74, 6) is -0.875. The maximum atomic E-state index is 13.7. The number of nitrogens with zero attached hydrogens (tertiary/aromatic N) is 1. The summed E-state index contributed by atoms with van der Waals surface area (Å²) in [6.07, 6.45) is 0.319. The lowest BCUT2D eigenvalue weighted by Gasteiger charge is -2.25. The van der Waals surface area contributed by atoms with Crippen LogP contribution in [0.4, 0.5) is 13.2 Å². The molecule has 0 amide bonds. The Hall–Kier alpha value is -2.87. The van der Waals surface area contributed by atoms with Crippen molar-refractivity contribution in [1.82, 2.24) is 5.32 Å². The Bertz CT molecular complexity index is 982. The van der Waals surface area contributed by atoms with Gasteiger partial charge >= 0.3 is 12.1 Å². The first-order valence-electron chi connectivity index (χ1n) is 11.6. The number of rotatable bonds is 10. The molecule has 0 spiro atoms. The maximum absolute atomic E-state index is 13.7. The summed E-state index contributed by atoms with van der Waals surface area (Å²) in [6, 6.07) is 12.1. The van der Waals surface area contributed by atoms with E-state index in [0.717, 1.165) is 43.2 Å². The fraction of sp³-hybridized carbons (Fsp3) is 0.462. The van der Waals surface area contributed by atoms with Crippen LogP contribution in [0.3, 0.4) is 0 Å². The molecule has 0 unspecified atom stereocenters. The van der Waals surface area contributed by atoms with Gasteiger partial charge in [-0.1, -0.05) is 60.8 Å². The minimum Gasteiger partial charge on any atom is -0.481 e. The number of oxime groups is 1. The molecule has 0 heterocycles. The zero-order valence-corrected chi connectivity index (χ0v) is 19.3. The van der Waals surface area contributed by atoms with E-state index in [-0.39, 0.29) is 18.9 Å². The molecular formula is C26H31F3N2O3. The topological polar surface area (TPSA) is 70.9 Å². The van der Waals surface area contributed by atoms with Crippen molar-refractivity contribution in [1.29, 1.82) is 0 Å². The summed E-state index contributed by atoms with van der Waals surface area (Å²) in [4.78, 5) is 15.9. The third-order valence-electron chi connectivity index (χ3n) is 6.12. The van der Waals surface area contributed by atoms with Gasteiger partial charge in [-0.05, 0) is 54.0 Å². The second-order valence-corrected chi connectivity index (χ2v) is 8.72. The van der Waals surface area contributed by atoms with Crippen molar-refractivity contribution in [2.75, 3.05) is 6.54 Å². The van der Waals surface area contributed by atoms with Crippen LogP contribution in [-0.2, 0) is 29.0 Å². The van der Waals surface area contributed by atoms with Crippen LogP contribution in [0.2, 0.25) is 0 Å². The highest BCUT2D eigenvalue weighted by atomic mass is 19.4. The zero-order chi connectivity index (χ0) is 24.6. The van der Waals surface area contributed by atoms with Crippen LogP contribution in [0.1, 0.15) is 79.2 Å². The molecule has 0 radical (unpaired) electrons. The number of carboxylic acid groups (broad SMARTS) is 1. The fourth-order valence-corrected chi connectivity index (χ4v) is 4.26. The molecule has 0 saturated heterocycles. The second kappa shape index (κ2) is 12.0. The van der Waals surface area contributed by atoms with Gasteiger partial charge in [0.05, 0.1) is 17.7 Å². The number of carboxylic acids is 1. The molecule has 0 bridgehead atoms. The predicted octanol–water partition coefficient (Wildman–Crippen LogP) is 6.26. The molecule has 1 aliphatic carbocycles. The van der Waals surface area contributed by atoms with Crippen LogP contribution in [-0.4, -0.2) is 23.3 Å². The summed E-state index contributed by atoms with van der Waals surface area (Å²) in [5.41, 5.74) is 2.71. The van der Waals surface area contributed by atoms with E-state index in [0.29, 0.717) is 29.9 Å². The average Bonchev–Trinajstić information content (AvgIpc) is 2.82. The smallest absolute Gasteiger partial charge is 0.416 e. The molecular weight excluding hydrogens is 445 g/mol. The van der Waals surface area contributed by atoms with Crippen molar-refractivity contribution < 1.29 is 27.9 Å². The molecule has 0 atom stereocenters. The van der Waals surface area contributed by atoms with Crippen LogP contribution in [0.25, 0.3) is 0 Å². The minimum atomic E-state index is -4.40. The Morgan fingerprint density at radius 1 is 1.09 bits per heavy atom. The van der Waals surface area contributed by atoms with Crippen molar-refractivity contribution in [3.63, 3.8) is 0 Å². The van der Waals surface area contributed by atoms with E-state index in [1.165, 1.54) is 6.07 Å². The Kier molecular flexibility index (Phi) is 9.10. The quantitative estimate of drug-likeness (QED) is 0.241. The van der Waals surface area contributed by atoms with Crippen molar-refractivity contribution in [2.45, 2.75) is 70.7 Å². The number of alkyl halides is 3. The Balaban J connectivity index is 1.59. The van der Waals surface area contributed by atoms with Crippen molar-refractivity contribution >= 4 is 11.7 Å². The van der Waals surface area contributed by atoms with E-state index in [1.807, 2.05) is 24.3 Å². The van der Waals surface area contributed by atoms with E-state index in [2.05, 4.69) is 10.5 Å². The summed E-state index contributed by atoms with van der Waals surface area (Å²) >= 11 is 0. The van der Waals surface area contributed by atoms with Crippen molar-refractivity contribution in [3.8, 4) is 0 Å². The summed E-state index contributed by atoms with van der Waals surface area (Å²) < 4.78 is 41.2. The van der Waals surface area contributed by atoms with Crippen molar-refractivity contribution in [2.24, 2.45) is 5.16 Å². The predicted molar refractivity (Wildman–Crippen MR) is 125 cm³/mol. The number of hydrogen-bond donors (Lipinski definition) is 2. The van der Waals surface area contributed by atoms with Gasteiger partial charge in [0.2, 0.25) is 0 Å². The Morgan fingerprint density at radius 2 is 1.76 bits per heavy atom. The van der Waals surface area contributed by atoms with E-state index in [1.54, 1.807) is 19.1 Å². The molecule has 8 heteroatoms. The van der Waals surface area contributed by atoms with E-state index in [9.17, 15) is 18.0 Å². The van der Waals surface area contributed by atoms with Crippen LogP contribution in [0.15, 0.2) is 47.6 Å². The molecule has 5 nitrogen and oxygen atoms in total. The lowest BCUT2D eigenvalue weighted by molar-refractivity contribution is -0.139. The van der Waals surface area contributed by atoms with Crippen LogP contribution in [0.5, 0.6) is 0 Å². The molecule has 2 aromatic rings. The molecule has 0 aromatic heterocycles. The van der Waals surface area contributed by atoms with Crippen molar-refractivity contribution in [3.05, 3.63) is 70.3 Å². The first kappa shape index (κ1) is 25.7. The zero-order valence-electron chi connectivity index (χ0n) is 19.3. The third kappa shape index (κ3) is 7.58. The largest absolute Gasteiger partial charge is 0.481 e. The molecule has 34 heavy (non-hydrogen) atoms. The summed E-state index contributed by atoms with van der Waals surface area (Å²) in [6.45, 7) is 2.67. The van der Waals surface area contributed by atoms with Gasteiger partial charge in [-0.25, -0.2) is 0 Å². The average molecular weight is 477 g/mol. The Labute approximate surface area is 198 Å². The standard InChI is InChI=1S/C26H31F3N2O3/c1-18(21-10-7-19(8-11-21)16-30-14-13-25(32)33)31-34-17-20-9-12-23(22-5-3-2-4-6-22)24(15-20)26(27,28)29/h7-12,15,22,30H,2-6,13-14,16-17H2,1H3,(H,32,33). The van der Waals surface area contributed by atoms with Gasteiger partial charge in [0, 0.05) is 13.1 Å². The second-order valence-electron chi connectivity index (χ2n) is 8.72. The summed E-state index contributed by atoms with van der Waals surface area (Å²) in [7, 11) is 0. The molecule has 3 rings (SSSR count). The van der Waals surface area contributed by atoms with Crippen LogP contribution in [0, 0.1) is 0 Å². The molecule has 2 N–H and O–H groups in total. The van der Waals surface area contributed by atoms with Crippen LogP contribution >= 0.6 is 0 Å². The Morgan fingerprint density at radius 3 is 2.41 bits per heavy atom. The van der Waals surface area contributed by atoms with Gasteiger partial charge in [-0.2, -0.15) is 13.2 Å². The first-order valence-corrected chi connectivity index (χ1v) is 11.6. The number of hydrogen-bond acceptors (Lipinski definition) is 4. The lowest BCUT2D eigenvalue weighted by Crippen LogP contribution is -2.17. The van der Waals surface area contributed by atoms with E-state index < -0.39 is 17.7 Å². The highest BCUT2D eigenvalue weighted by Crippen LogP contribution is 2.41. The fourth-order valence-electron chi connectivity index (χ4n) is 4.26. The molecule has 1 fully saturated rings. The number of nitrogens with one attached hydrogen (secondary N) is 1. The monoisotopic (exact) mass is 476 g/mol. The highest BCUT2D eigenvalue weighted by molar-refractivity contribution is 5.98. The van der Waals surface area contributed by atoms with E-state index in [4.69, 9.17) is 9.94 Å². The molecule has 184 valence electrons. The van der Waals surface area contributed by atoms with Gasteiger partial charge < -0.3 is 15.3 Å². The SMILES string of the molecule is CC(=NOCc1ccc(C2CCCCC2)c(C(F)(F)F)c1)c1ccc(CNCCC(=O)O)cc1. The number of aliphatic carboxylic acids is 1. The molecule has 0 aliphatic heterocycles. The number of carbonyl (C=O) groups is 1. The van der Waals surface area contributed by atoms with Gasteiger partial charge in [0.25, 0.3) is 0 Å². The lowest BCUT2D eigenvalue weighted by atomic mass is 9.81. The minimum absolute atomic E-state index is 0.0315. The maximum Gasteiger partial charge on any atom is 0.416 e. The normalized spacial score (nSPS) is 15.4. The molecule has 2 aromatic carbocycles. The van der Waals surface area contributed by atoms with Gasteiger partial charge in [0.1, 0.15) is 6.61 Å². The van der Waals surface area contributed by atoms with Gasteiger partial charge in [-0.3, -0.25) is 4.79 Å².